The van der Waals surface area contributed by atoms with Gasteiger partial charge in [0.25, 0.3) is 0 Å². The number of tetrazole rings is 1. The van der Waals surface area contributed by atoms with Crippen LogP contribution in [0.4, 0.5) is 18.0 Å². The van der Waals surface area contributed by atoms with Crippen molar-refractivity contribution in [2.75, 3.05) is 0 Å². The quantitative estimate of drug-likeness (QED) is 0.693. The molecule has 0 aliphatic rings. The molecule has 142 valence electrons. The molecule has 0 unspecified atom stereocenters. The van der Waals surface area contributed by atoms with E-state index in [2.05, 4.69) is 26.4 Å². The second kappa shape index (κ2) is 7.22. The lowest BCUT2D eigenvalue weighted by molar-refractivity contribution is -0.138. The lowest BCUT2D eigenvalue weighted by Crippen LogP contribution is -2.47. The van der Waals surface area contributed by atoms with Crippen molar-refractivity contribution in [3.05, 3.63) is 38.7 Å². The molecule has 0 saturated heterocycles. The van der Waals surface area contributed by atoms with Gasteiger partial charge in [-0.3, -0.25) is 0 Å². The van der Waals surface area contributed by atoms with Crippen LogP contribution in [0.25, 0.3) is 5.69 Å². The SMILES string of the molecule is CC(C)N(C(=O)n1nnn(-c2ccc(C(F)(F)F)c(Br)c2)c1=O)C(C)C. The number of carbonyl (C=O) groups excluding carboxylic acids is 1. The van der Waals surface area contributed by atoms with Gasteiger partial charge in [0.05, 0.1) is 11.3 Å². The summed E-state index contributed by atoms with van der Waals surface area (Å²) in [7, 11) is 0. The number of hydrogen-bond acceptors (Lipinski definition) is 4. The summed E-state index contributed by atoms with van der Waals surface area (Å²) in [5.74, 6) is 0. The molecular weight excluding hydrogens is 419 g/mol. The smallest absolute Gasteiger partial charge is 0.318 e. The number of carbonyl (C=O) groups is 1. The van der Waals surface area contributed by atoms with E-state index in [1.807, 2.05) is 0 Å². The van der Waals surface area contributed by atoms with Gasteiger partial charge in [-0.25, -0.2) is 9.59 Å². The van der Waals surface area contributed by atoms with E-state index in [4.69, 9.17) is 0 Å². The summed E-state index contributed by atoms with van der Waals surface area (Å²) in [4.78, 5) is 26.5. The molecule has 7 nitrogen and oxygen atoms in total. The van der Waals surface area contributed by atoms with Gasteiger partial charge in [-0.05, 0) is 56.3 Å². The highest BCUT2D eigenvalue weighted by Crippen LogP contribution is 2.35. The predicted molar refractivity (Wildman–Crippen MR) is 91.2 cm³/mol. The fourth-order valence-corrected chi connectivity index (χ4v) is 3.13. The minimum absolute atomic E-state index is 0.0505. The molecule has 0 atom stereocenters. The summed E-state index contributed by atoms with van der Waals surface area (Å²) in [6, 6.07) is 1.98. The zero-order valence-corrected chi connectivity index (χ0v) is 16.0. The number of aromatic nitrogens is 4. The Morgan fingerprint density at radius 3 is 2.19 bits per heavy atom. The van der Waals surface area contributed by atoms with Crippen LogP contribution in [0.15, 0.2) is 27.5 Å². The lowest BCUT2D eigenvalue weighted by Gasteiger charge is -2.29. The Morgan fingerprint density at radius 1 is 1.15 bits per heavy atom. The zero-order chi connectivity index (χ0) is 19.8. The van der Waals surface area contributed by atoms with Gasteiger partial charge in [0, 0.05) is 16.6 Å². The summed E-state index contributed by atoms with van der Waals surface area (Å²) >= 11 is 2.84. The van der Waals surface area contributed by atoms with Crippen LogP contribution in [-0.2, 0) is 6.18 Å². The van der Waals surface area contributed by atoms with Crippen LogP contribution >= 0.6 is 15.9 Å². The van der Waals surface area contributed by atoms with Crippen molar-refractivity contribution in [3.8, 4) is 5.69 Å². The van der Waals surface area contributed by atoms with Crippen molar-refractivity contribution in [3.63, 3.8) is 0 Å². The van der Waals surface area contributed by atoms with Crippen LogP contribution in [0.1, 0.15) is 33.3 Å². The fourth-order valence-electron chi connectivity index (χ4n) is 2.54. The van der Waals surface area contributed by atoms with Gasteiger partial charge in [-0.2, -0.15) is 17.9 Å². The van der Waals surface area contributed by atoms with Crippen LogP contribution in [0.5, 0.6) is 0 Å². The summed E-state index contributed by atoms with van der Waals surface area (Å²) in [6.07, 6.45) is -4.54. The van der Waals surface area contributed by atoms with Gasteiger partial charge in [-0.1, -0.05) is 15.9 Å². The van der Waals surface area contributed by atoms with Crippen molar-refractivity contribution >= 4 is 22.0 Å². The molecule has 0 saturated carbocycles. The molecule has 1 heterocycles. The largest absolute Gasteiger partial charge is 0.417 e. The Labute approximate surface area is 155 Å². The van der Waals surface area contributed by atoms with Gasteiger partial charge < -0.3 is 4.90 Å². The highest BCUT2D eigenvalue weighted by molar-refractivity contribution is 9.10. The number of alkyl halides is 3. The molecule has 26 heavy (non-hydrogen) atoms. The molecule has 0 fully saturated rings. The van der Waals surface area contributed by atoms with Crippen molar-refractivity contribution in [1.29, 1.82) is 0 Å². The molecule has 0 bridgehead atoms. The van der Waals surface area contributed by atoms with E-state index in [1.54, 1.807) is 27.7 Å². The first kappa shape index (κ1) is 20.1. The van der Waals surface area contributed by atoms with Gasteiger partial charge in [0.2, 0.25) is 0 Å². The summed E-state index contributed by atoms with van der Waals surface area (Å²) in [5, 5.41) is 7.18. The third kappa shape index (κ3) is 3.81. The molecule has 0 aliphatic heterocycles. The number of hydrogen-bond donors (Lipinski definition) is 0. The van der Waals surface area contributed by atoms with Crippen molar-refractivity contribution in [1.82, 2.24) is 24.7 Å². The molecule has 2 aromatic rings. The van der Waals surface area contributed by atoms with Crippen LogP contribution in [0.2, 0.25) is 0 Å². The first-order valence-corrected chi connectivity index (χ1v) is 8.49. The van der Waals surface area contributed by atoms with Gasteiger partial charge in [0.15, 0.2) is 0 Å². The van der Waals surface area contributed by atoms with Gasteiger partial charge >= 0.3 is 17.9 Å². The number of halogens is 4. The average Bonchev–Trinajstić information content (AvgIpc) is 2.86. The Kier molecular flexibility index (Phi) is 5.59. The number of amides is 1. The van der Waals surface area contributed by atoms with E-state index in [9.17, 15) is 22.8 Å². The third-order valence-corrected chi connectivity index (χ3v) is 4.25. The topological polar surface area (TPSA) is 73.0 Å². The van der Waals surface area contributed by atoms with E-state index >= 15 is 0 Å². The second-order valence-electron chi connectivity index (χ2n) is 6.12. The van der Waals surface area contributed by atoms with E-state index in [-0.39, 0.29) is 22.2 Å². The van der Waals surface area contributed by atoms with E-state index < -0.39 is 23.5 Å². The highest BCUT2D eigenvalue weighted by Gasteiger charge is 2.33. The third-order valence-electron chi connectivity index (χ3n) is 3.60. The molecule has 0 radical (unpaired) electrons. The van der Waals surface area contributed by atoms with Crippen molar-refractivity contribution < 1.29 is 18.0 Å². The van der Waals surface area contributed by atoms with E-state index in [0.717, 1.165) is 22.9 Å². The summed E-state index contributed by atoms with van der Waals surface area (Å²) < 4.78 is 39.6. The maximum atomic E-state index is 12.8. The van der Waals surface area contributed by atoms with Gasteiger partial charge in [0.1, 0.15) is 0 Å². The molecule has 0 spiro atoms. The number of rotatable bonds is 3. The summed E-state index contributed by atoms with van der Waals surface area (Å²) in [6.45, 7) is 7.17. The highest BCUT2D eigenvalue weighted by atomic mass is 79.9. The first-order chi connectivity index (χ1) is 11.9. The molecule has 0 aliphatic carbocycles. The van der Waals surface area contributed by atoms with Crippen LogP contribution in [0.3, 0.4) is 0 Å². The molecule has 1 aromatic heterocycles. The molecule has 1 amide bonds. The number of nitrogens with zero attached hydrogens (tertiary/aromatic N) is 5. The minimum Gasteiger partial charge on any atom is -0.318 e. The fraction of sp³-hybridized carbons (Fsp3) is 0.467. The van der Waals surface area contributed by atoms with Crippen molar-refractivity contribution in [2.24, 2.45) is 0 Å². The van der Waals surface area contributed by atoms with E-state index in [1.165, 1.54) is 4.90 Å². The van der Waals surface area contributed by atoms with Crippen LogP contribution in [0, 0.1) is 0 Å². The van der Waals surface area contributed by atoms with E-state index in [0.29, 0.717) is 4.68 Å². The number of benzene rings is 1. The van der Waals surface area contributed by atoms with Crippen LogP contribution in [-0.4, -0.2) is 42.8 Å². The monoisotopic (exact) mass is 435 g/mol. The maximum Gasteiger partial charge on any atom is 0.417 e. The Balaban J connectivity index is 2.45. The summed E-state index contributed by atoms with van der Waals surface area (Å²) in [5.41, 5.74) is -1.70. The average molecular weight is 436 g/mol. The molecule has 1 aromatic carbocycles. The van der Waals surface area contributed by atoms with Crippen LogP contribution < -0.4 is 5.69 Å². The maximum absolute atomic E-state index is 12.8. The van der Waals surface area contributed by atoms with Gasteiger partial charge in [-0.15, -0.1) is 4.68 Å². The molecule has 0 N–H and O–H groups in total. The molecular formula is C15H17BrF3N5O2. The Hall–Kier alpha value is -2.17. The lowest BCUT2D eigenvalue weighted by atomic mass is 10.2. The standard InChI is InChI=1S/C15H17BrF3N5O2/c1-8(2)22(9(3)4)13(25)24-14(26)23(20-21-24)10-5-6-11(12(16)7-10)15(17,18)19/h5-9H,1-4H3. The normalized spacial score (nSPS) is 12.1. The second-order valence-corrected chi connectivity index (χ2v) is 6.98. The minimum atomic E-state index is -4.54. The first-order valence-electron chi connectivity index (χ1n) is 7.70. The Bertz CT molecular complexity index is 865. The molecule has 2 rings (SSSR count). The Morgan fingerprint density at radius 2 is 1.73 bits per heavy atom. The predicted octanol–water partition coefficient (Wildman–Crippen LogP) is 3.30. The molecule has 11 heteroatoms. The van der Waals surface area contributed by atoms with Crippen molar-refractivity contribution in [2.45, 2.75) is 46.0 Å². The zero-order valence-electron chi connectivity index (χ0n) is 14.5.